The van der Waals surface area contributed by atoms with E-state index in [9.17, 15) is 18.4 Å². The second-order valence-electron chi connectivity index (χ2n) is 6.75. The highest BCUT2D eigenvalue weighted by Gasteiger charge is 2.46. The van der Waals surface area contributed by atoms with E-state index in [-0.39, 0.29) is 17.5 Å². The second-order valence-corrected chi connectivity index (χ2v) is 6.75. The quantitative estimate of drug-likeness (QED) is 0.701. The summed E-state index contributed by atoms with van der Waals surface area (Å²) in [5.74, 6) is 0.293. The molecule has 0 amide bonds. The number of fused-ring (bicyclic) bond motifs is 1. The zero-order valence-electron chi connectivity index (χ0n) is 16.0. The highest BCUT2D eigenvalue weighted by atomic mass is 19.4. The summed E-state index contributed by atoms with van der Waals surface area (Å²) in [6.07, 6.45) is 0.274. The number of hydrogen-bond acceptors (Lipinski definition) is 7. The van der Waals surface area contributed by atoms with Crippen LogP contribution in [-0.4, -0.2) is 45.4 Å². The van der Waals surface area contributed by atoms with Crippen LogP contribution in [0.4, 0.5) is 30.6 Å². The van der Waals surface area contributed by atoms with Gasteiger partial charge in [-0.2, -0.15) is 23.4 Å². The Morgan fingerprint density at radius 3 is 2.77 bits per heavy atom. The van der Waals surface area contributed by atoms with E-state index in [0.717, 1.165) is 10.6 Å². The number of benzene rings is 1. The number of ether oxygens (including phenoxy) is 1. The molecular formula is C19H16F3N7O. The lowest BCUT2D eigenvalue weighted by molar-refractivity contribution is -0.155. The highest BCUT2D eigenvalue weighted by Crippen LogP contribution is 2.37. The minimum absolute atomic E-state index is 0.0343. The van der Waals surface area contributed by atoms with Crippen molar-refractivity contribution in [2.75, 3.05) is 23.9 Å². The van der Waals surface area contributed by atoms with Crippen molar-refractivity contribution >= 4 is 17.5 Å². The number of nitrogens with one attached hydrogen (secondary N) is 1. The molecule has 1 atom stereocenters. The number of halogens is 3. The van der Waals surface area contributed by atoms with E-state index in [1.165, 1.54) is 13.2 Å². The van der Waals surface area contributed by atoms with E-state index >= 15 is 0 Å². The van der Waals surface area contributed by atoms with Gasteiger partial charge < -0.3 is 19.5 Å². The molecule has 8 nitrogen and oxygen atoms in total. The number of nitriles is 1. The van der Waals surface area contributed by atoms with Gasteiger partial charge in [-0.05, 0) is 25.1 Å². The van der Waals surface area contributed by atoms with Gasteiger partial charge in [-0.15, -0.1) is 0 Å². The molecule has 0 spiro atoms. The zero-order valence-corrected chi connectivity index (χ0v) is 16.0. The molecule has 0 bridgehead atoms. The fourth-order valence-electron chi connectivity index (χ4n) is 3.13. The summed E-state index contributed by atoms with van der Waals surface area (Å²) in [6.45, 7) is 1.32. The summed E-state index contributed by atoms with van der Waals surface area (Å²) in [4.78, 5) is 13.4. The van der Waals surface area contributed by atoms with Crippen LogP contribution < -0.4 is 15.0 Å². The Labute approximate surface area is 169 Å². The SMILES string of the molecule is Cc1cn(-c2ccc(Nc3ncc4c(n3)N(C)C(C(F)(F)F)CO4)cc2C#N)cn1. The summed E-state index contributed by atoms with van der Waals surface area (Å²) in [6, 6.07) is 5.38. The van der Waals surface area contributed by atoms with Gasteiger partial charge in [0.15, 0.2) is 17.6 Å². The van der Waals surface area contributed by atoms with E-state index in [4.69, 9.17) is 4.74 Å². The van der Waals surface area contributed by atoms with Crippen molar-refractivity contribution in [1.82, 2.24) is 19.5 Å². The van der Waals surface area contributed by atoms with Gasteiger partial charge >= 0.3 is 6.18 Å². The molecule has 0 saturated carbocycles. The van der Waals surface area contributed by atoms with Crippen molar-refractivity contribution in [3.8, 4) is 17.5 Å². The van der Waals surface area contributed by atoms with Gasteiger partial charge in [-0.3, -0.25) is 0 Å². The van der Waals surface area contributed by atoms with Gasteiger partial charge in [-0.1, -0.05) is 0 Å². The van der Waals surface area contributed by atoms with Crippen LogP contribution in [0.1, 0.15) is 11.3 Å². The van der Waals surface area contributed by atoms with E-state index < -0.39 is 18.8 Å². The average molecular weight is 415 g/mol. The van der Waals surface area contributed by atoms with Crippen LogP contribution >= 0.6 is 0 Å². The molecule has 1 aliphatic heterocycles. The van der Waals surface area contributed by atoms with E-state index in [1.54, 1.807) is 35.3 Å². The lowest BCUT2D eigenvalue weighted by Gasteiger charge is -2.35. The number of alkyl halides is 3. The molecule has 0 aliphatic carbocycles. The first-order valence-electron chi connectivity index (χ1n) is 8.88. The molecule has 1 unspecified atom stereocenters. The standard InChI is InChI=1S/C19H16F3N7O/c1-11-8-29(10-25-11)14-4-3-13(5-12(14)6-23)26-18-24-7-15-17(27-18)28(2)16(9-30-15)19(20,21)22/h3-5,7-8,10,16H,9H2,1-2H3,(H,24,26,27). The maximum absolute atomic E-state index is 13.2. The molecule has 1 N–H and O–H groups in total. The Bertz CT molecular complexity index is 1140. The summed E-state index contributed by atoms with van der Waals surface area (Å²) in [5, 5.41) is 12.4. The predicted octanol–water partition coefficient (Wildman–Crippen LogP) is 3.35. The van der Waals surface area contributed by atoms with Crippen LogP contribution in [0.2, 0.25) is 0 Å². The smallest absolute Gasteiger partial charge is 0.412 e. The molecule has 11 heteroatoms. The van der Waals surface area contributed by atoms with Crippen LogP contribution in [-0.2, 0) is 0 Å². The van der Waals surface area contributed by atoms with Crippen LogP contribution in [0, 0.1) is 18.3 Å². The van der Waals surface area contributed by atoms with Gasteiger partial charge in [-0.25, -0.2) is 9.97 Å². The Kier molecular flexibility index (Phi) is 4.69. The van der Waals surface area contributed by atoms with E-state index in [0.29, 0.717) is 16.9 Å². The summed E-state index contributed by atoms with van der Waals surface area (Å²) in [5.41, 5.74) is 2.36. The third kappa shape index (κ3) is 3.59. The first-order valence-corrected chi connectivity index (χ1v) is 8.88. The molecule has 0 radical (unpaired) electrons. The third-order valence-corrected chi connectivity index (χ3v) is 4.68. The molecule has 154 valence electrons. The molecule has 4 rings (SSSR count). The minimum atomic E-state index is -4.45. The molecule has 0 fully saturated rings. The lowest BCUT2D eigenvalue weighted by Crippen LogP contribution is -2.50. The number of aryl methyl sites for hydroxylation is 1. The minimum Gasteiger partial charge on any atom is -0.486 e. The number of likely N-dealkylation sites (N-methyl/N-ethyl adjacent to an activating group) is 1. The van der Waals surface area contributed by atoms with Gasteiger partial charge in [0.05, 0.1) is 29.5 Å². The average Bonchev–Trinajstić information content (AvgIpc) is 3.13. The van der Waals surface area contributed by atoms with Crippen LogP contribution in [0.15, 0.2) is 36.9 Å². The maximum Gasteiger partial charge on any atom is 0.412 e. The Morgan fingerprint density at radius 2 is 2.10 bits per heavy atom. The molecule has 30 heavy (non-hydrogen) atoms. The fourth-order valence-corrected chi connectivity index (χ4v) is 3.13. The molecule has 2 aromatic heterocycles. The van der Waals surface area contributed by atoms with Gasteiger partial charge in [0.2, 0.25) is 5.95 Å². The number of anilines is 3. The van der Waals surface area contributed by atoms with Gasteiger partial charge in [0.25, 0.3) is 0 Å². The van der Waals surface area contributed by atoms with Crippen molar-refractivity contribution in [3.05, 3.63) is 48.2 Å². The van der Waals surface area contributed by atoms with Crippen molar-refractivity contribution in [1.29, 1.82) is 5.26 Å². The monoisotopic (exact) mass is 415 g/mol. The number of hydrogen-bond donors (Lipinski definition) is 1. The van der Waals surface area contributed by atoms with E-state index in [2.05, 4.69) is 26.3 Å². The van der Waals surface area contributed by atoms with Crippen LogP contribution in [0.3, 0.4) is 0 Å². The van der Waals surface area contributed by atoms with E-state index in [1.807, 2.05) is 6.92 Å². The highest BCUT2D eigenvalue weighted by molar-refractivity contribution is 5.64. The molecular weight excluding hydrogens is 399 g/mol. The molecule has 1 aliphatic rings. The maximum atomic E-state index is 13.2. The predicted molar refractivity (Wildman–Crippen MR) is 102 cm³/mol. The largest absolute Gasteiger partial charge is 0.486 e. The Balaban J connectivity index is 1.61. The first kappa shape index (κ1) is 19.5. The normalized spacial score (nSPS) is 15.9. The molecule has 3 aromatic rings. The molecule has 1 aromatic carbocycles. The van der Waals surface area contributed by atoms with Crippen LogP contribution in [0.25, 0.3) is 5.69 Å². The third-order valence-electron chi connectivity index (χ3n) is 4.68. The van der Waals surface area contributed by atoms with Crippen molar-refractivity contribution < 1.29 is 17.9 Å². The van der Waals surface area contributed by atoms with Crippen molar-refractivity contribution in [2.24, 2.45) is 0 Å². The van der Waals surface area contributed by atoms with Gasteiger partial charge in [0, 0.05) is 18.9 Å². The Morgan fingerprint density at radius 1 is 1.30 bits per heavy atom. The summed E-state index contributed by atoms with van der Waals surface area (Å²) in [7, 11) is 1.31. The number of aromatic nitrogens is 4. The number of nitrogens with zero attached hydrogens (tertiary/aromatic N) is 6. The number of rotatable bonds is 3. The van der Waals surface area contributed by atoms with Crippen molar-refractivity contribution in [2.45, 2.75) is 19.1 Å². The molecule has 3 heterocycles. The van der Waals surface area contributed by atoms with Gasteiger partial charge in [0.1, 0.15) is 12.7 Å². The summed E-state index contributed by atoms with van der Waals surface area (Å²) < 4.78 is 46.4. The summed E-state index contributed by atoms with van der Waals surface area (Å²) >= 11 is 0. The lowest BCUT2D eigenvalue weighted by atomic mass is 10.1. The first-order chi connectivity index (χ1) is 14.3. The van der Waals surface area contributed by atoms with Crippen LogP contribution in [0.5, 0.6) is 5.75 Å². The number of imidazole rings is 1. The second kappa shape index (κ2) is 7.22. The molecule has 0 saturated heterocycles. The fraction of sp³-hybridized carbons (Fsp3) is 0.263. The Hall–Kier alpha value is -3.81. The van der Waals surface area contributed by atoms with Crippen molar-refractivity contribution in [3.63, 3.8) is 0 Å². The topological polar surface area (TPSA) is 91.9 Å². The zero-order chi connectivity index (χ0) is 21.5.